The SMILES string of the molecule is COc1ccc(OC)c(/C=N/NC(=O)C2C3CCCCC32C)c1. The Balaban J connectivity index is 1.64. The van der Waals surface area contributed by atoms with E-state index in [0.29, 0.717) is 11.7 Å². The van der Waals surface area contributed by atoms with Crippen molar-refractivity contribution < 1.29 is 14.3 Å². The molecule has 0 heterocycles. The van der Waals surface area contributed by atoms with Crippen molar-refractivity contribution in [1.29, 1.82) is 0 Å². The molecule has 3 unspecified atom stereocenters. The summed E-state index contributed by atoms with van der Waals surface area (Å²) in [5.74, 6) is 2.11. The van der Waals surface area contributed by atoms with Crippen molar-refractivity contribution in [2.75, 3.05) is 14.2 Å². The monoisotopic (exact) mass is 316 g/mol. The van der Waals surface area contributed by atoms with Gasteiger partial charge in [0, 0.05) is 11.5 Å². The van der Waals surface area contributed by atoms with Gasteiger partial charge >= 0.3 is 0 Å². The highest BCUT2D eigenvalue weighted by atomic mass is 16.5. The molecule has 3 rings (SSSR count). The molecule has 2 aliphatic carbocycles. The molecule has 2 saturated carbocycles. The molecule has 2 fully saturated rings. The number of hydrogen-bond donors (Lipinski definition) is 1. The van der Waals surface area contributed by atoms with Crippen LogP contribution in [-0.2, 0) is 4.79 Å². The largest absolute Gasteiger partial charge is 0.497 e. The molecular formula is C18H24N2O3. The van der Waals surface area contributed by atoms with Crippen LogP contribution in [0.1, 0.15) is 38.2 Å². The van der Waals surface area contributed by atoms with Gasteiger partial charge < -0.3 is 9.47 Å². The number of hydrogen-bond acceptors (Lipinski definition) is 4. The number of methoxy groups -OCH3 is 2. The summed E-state index contributed by atoms with van der Waals surface area (Å²) in [7, 11) is 3.22. The topological polar surface area (TPSA) is 59.9 Å². The zero-order chi connectivity index (χ0) is 16.4. The Morgan fingerprint density at radius 2 is 2.17 bits per heavy atom. The molecule has 0 aliphatic heterocycles. The maximum absolute atomic E-state index is 12.4. The molecule has 0 radical (unpaired) electrons. The summed E-state index contributed by atoms with van der Waals surface area (Å²) in [5, 5.41) is 4.12. The lowest BCUT2D eigenvalue weighted by atomic mass is 9.90. The lowest BCUT2D eigenvalue weighted by molar-refractivity contribution is -0.123. The van der Waals surface area contributed by atoms with Gasteiger partial charge in [0.2, 0.25) is 5.91 Å². The molecule has 124 valence electrons. The predicted octanol–water partition coefficient (Wildman–Crippen LogP) is 2.98. The van der Waals surface area contributed by atoms with Crippen molar-refractivity contribution >= 4 is 12.1 Å². The zero-order valence-electron chi connectivity index (χ0n) is 14.0. The molecule has 0 spiro atoms. The van der Waals surface area contributed by atoms with Crippen LogP contribution in [-0.4, -0.2) is 26.3 Å². The predicted molar refractivity (Wildman–Crippen MR) is 88.8 cm³/mol. The van der Waals surface area contributed by atoms with Crippen molar-refractivity contribution in [2.24, 2.45) is 22.4 Å². The minimum Gasteiger partial charge on any atom is -0.497 e. The van der Waals surface area contributed by atoms with E-state index >= 15 is 0 Å². The Hall–Kier alpha value is -2.04. The number of amides is 1. The number of nitrogens with one attached hydrogen (secondary N) is 1. The van der Waals surface area contributed by atoms with Crippen LogP contribution in [0.15, 0.2) is 23.3 Å². The number of carbonyl (C=O) groups excluding carboxylic acids is 1. The highest BCUT2D eigenvalue weighted by molar-refractivity contribution is 5.87. The third-order valence-electron chi connectivity index (χ3n) is 5.43. The molecule has 0 aromatic heterocycles. The number of ether oxygens (including phenoxy) is 2. The molecule has 0 bridgehead atoms. The first-order valence-corrected chi connectivity index (χ1v) is 8.15. The average molecular weight is 316 g/mol. The number of rotatable bonds is 5. The van der Waals surface area contributed by atoms with E-state index in [4.69, 9.17) is 9.47 Å². The zero-order valence-corrected chi connectivity index (χ0v) is 14.0. The summed E-state index contributed by atoms with van der Waals surface area (Å²) >= 11 is 0. The second kappa shape index (κ2) is 6.22. The second-order valence-corrected chi connectivity index (χ2v) is 6.68. The number of carbonyl (C=O) groups is 1. The van der Waals surface area contributed by atoms with E-state index in [1.807, 2.05) is 18.2 Å². The fourth-order valence-corrected chi connectivity index (χ4v) is 4.03. The Kier molecular flexibility index (Phi) is 4.28. The van der Waals surface area contributed by atoms with Crippen LogP contribution in [0, 0.1) is 17.3 Å². The molecule has 0 saturated heterocycles. The van der Waals surface area contributed by atoms with Gasteiger partial charge in [0.15, 0.2) is 0 Å². The quantitative estimate of drug-likeness (QED) is 0.671. The molecule has 1 aromatic rings. The standard InChI is InChI=1S/C18H24N2O3/c1-18-9-5-4-6-14(18)16(18)17(21)20-19-11-12-10-13(22-2)7-8-15(12)23-3/h7-8,10-11,14,16H,4-6,9H2,1-3H3,(H,20,21)/b19-11+. The first-order valence-electron chi connectivity index (χ1n) is 8.15. The molecule has 1 aromatic carbocycles. The van der Waals surface area contributed by atoms with E-state index in [1.54, 1.807) is 20.4 Å². The lowest BCUT2D eigenvalue weighted by Gasteiger charge is -2.15. The van der Waals surface area contributed by atoms with Gasteiger partial charge in [0.25, 0.3) is 0 Å². The van der Waals surface area contributed by atoms with Gasteiger partial charge in [-0.05, 0) is 42.4 Å². The van der Waals surface area contributed by atoms with Crippen molar-refractivity contribution in [2.45, 2.75) is 32.6 Å². The molecule has 1 amide bonds. The summed E-state index contributed by atoms with van der Waals surface area (Å²) < 4.78 is 10.5. The van der Waals surface area contributed by atoms with Crippen LogP contribution >= 0.6 is 0 Å². The summed E-state index contributed by atoms with van der Waals surface area (Å²) in [6.07, 6.45) is 6.41. The molecule has 23 heavy (non-hydrogen) atoms. The number of fused-ring (bicyclic) bond motifs is 1. The maximum atomic E-state index is 12.4. The summed E-state index contributed by atoms with van der Waals surface area (Å²) in [4.78, 5) is 12.4. The van der Waals surface area contributed by atoms with Crippen molar-refractivity contribution in [3.63, 3.8) is 0 Å². The van der Waals surface area contributed by atoms with Crippen LogP contribution in [0.2, 0.25) is 0 Å². The van der Waals surface area contributed by atoms with Gasteiger partial charge in [-0.25, -0.2) is 5.43 Å². The van der Waals surface area contributed by atoms with Crippen LogP contribution in [0.3, 0.4) is 0 Å². The molecule has 3 atom stereocenters. The number of nitrogens with zero attached hydrogens (tertiary/aromatic N) is 1. The molecule has 1 N–H and O–H groups in total. The van der Waals surface area contributed by atoms with Gasteiger partial charge in [-0.2, -0.15) is 5.10 Å². The van der Waals surface area contributed by atoms with E-state index in [9.17, 15) is 4.79 Å². The van der Waals surface area contributed by atoms with Crippen molar-refractivity contribution in [1.82, 2.24) is 5.43 Å². The van der Waals surface area contributed by atoms with E-state index in [1.165, 1.54) is 19.3 Å². The van der Waals surface area contributed by atoms with Gasteiger partial charge in [0.05, 0.1) is 20.4 Å². The van der Waals surface area contributed by atoms with Crippen LogP contribution in [0.4, 0.5) is 0 Å². The minimum absolute atomic E-state index is 0.0394. The fraction of sp³-hybridized carbons (Fsp3) is 0.556. The smallest absolute Gasteiger partial charge is 0.244 e. The highest BCUT2D eigenvalue weighted by Crippen LogP contribution is 2.66. The fourth-order valence-electron chi connectivity index (χ4n) is 4.03. The van der Waals surface area contributed by atoms with Crippen LogP contribution in [0.5, 0.6) is 11.5 Å². The maximum Gasteiger partial charge on any atom is 0.244 e. The van der Waals surface area contributed by atoms with Crippen LogP contribution in [0.25, 0.3) is 0 Å². The number of benzene rings is 1. The van der Waals surface area contributed by atoms with E-state index in [-0.39, 0.29) is 17.2 Å². The van der Waals surface area contributed by atoms with Gasteiger partial charge in [-0.3, -0.25) is 4.79 Å². The Bertz CT molecular complexity index is 629. The number of hydrazone groups is 1. The van der Waals surface area contributed by atoms with Gasteiger partial charge in [0.1, 0.15) is 11.5 Å². The molecule has 2 aliphatic rings. The molecular weight excluding hydrogens is 292 g/mol. The van der Waals surface area contributed by atoms with Crippen LogP contribution < -0.4 is 14.9 Å². The average Bonchev–Trinajstić information content (AvgIpc) is 3.20. The Morgan fingerprint density at radius 3 is 2.83 bits per heavy atom. The normalized spacial score (nSPS) is 29.0. The van der Waals surface area contributed by atoms with Gasteiger partial charge in [-0.1, -0.05) is 19.8 Å². The summed E-state index contributed by atoms with van der Waals surface area (Å²) in [6.45, 7) is 2.23. The Labute approximate surface area is 137 Å². The minimum atomic E-state index is 0.0394. The third-order valence-corrected chi connectivity index (χ3v) is 5.43. The molecule has 5 nitrogen and oxygen atoms in total. The van der Waals surface area contributed by atoms with E-state index in [0.717, 1.165) is 17.7 Å². The Morgan fingerprint density at radius 1 is 1.35 bits per heavy atom. The van der Waals surface area contributed by atoms with Gasteiger partial charge in [-0.15, -0.1) is 0 Å². The first-order chi connectivity index (χ1) is 11.1. The summed E-state index contributed by atoms with van der Waals surface area (Å²) in [6, 6.07) is 5.47. The molecule has 5 heteroatoms. The lowest BCUT2D eigenvalue weighted by Crippen LogP contribution is -2.22. The van der Waals surface area contributed by atoms with Crippen molar-refractivity contribution in [3.8, 4) is 11.5 Å². The highest BCUT2D eigenvalue weighted by Gasteiger charge is 2.64. The first kappa shape index (κ1) is 15.8. The van der Waals surface area contributed by atoms with Crippen molar-refractivity contribution in [3.05, 3.63) is 23.8 Å². The summed E-state index contributed by atoms with van der Waals surface area (Å²) in [5.41, 5.74) is 3.67. The third kappa shape index (κ3) is 2.92. The van der Waals surface area contributed by atoms with E-state index in [2.05, 4.69) is 17.5 Å². The second-order valence-electron chi connectivity index (χ2n) is 6.68. The van der Waals surface area contributed by atoms with E-state index < -0.39 is 0 Å².